The van der Waals surface area contributed by atoms with E-state index in [1.165, 1.54) is 12.1 Å². The molecular formula is C17H26N2O3S. The summed E-state index contributed by atoms with van der Waals surface area (Å²) in [5.41, 5.74) is 12.3. The summed E-state index contributed by atoms with van der Waals surface area (Å²) < 4.78 is 25.0. The number of carbonyl (C=O) groups excluding carboxylic acids is 1. The number of carbonyl (C=O) groups is 1. The van der Waals surface area contributed by atoms with Gasteiger partial charge < -0.3 is 11.5 Å². The van der Waals surface area contributed by atoms with Crippen molar-refractivity contribution in [2.45, 2.75) is 56.6 Å². The molecule has 1 aliphatic rings. The van der Waals surface area contributed by atoms with E-state index < -0.39 is 9.84 Å². The lowest BCUT2D eigenvalue weighted by atomic mass is 9.84. The highest BCUT2D eigenvalue weighted by molar-refractivity contribution is 7.92. The van der Waals surface area contributed by atoms with Gasteiger partial charge in [-0.15, -0.1) is 0 Å². The molecule has 0 saturated heterocycles. The summed E-state index contributed by atoms with van der Waals surface area (Å²) in [6.45, 7) is 6.00. The Morgan fingerprint density at radius 1 is 1.22 bits per heavy atom. The molecule has 1 fully saturated rings. The molecule has 0 aromatic heterocycles. The molecule has 0 amide bonds. The fourth-order valence-corrected chi connectivity index (χ4v) is 4.89. The highest BCUT2D eigenvalue weighted by Crippen LogP contribution is 2.38. The molecule has 1 atom stereocenters. The normalized spacial score (nSPS) is 16.5. The third-order valence-electron chi connectivity index (χ3n) is 4.90. The first-order valence-electron chi connectivity index (χ1n) is 8.21. The van der Waals surface area contributed by atoms with Crippen molar-refractivity contribution in [3.05, 3.63) is 17.7 Å². The van der Waals surface area contributed by atoms with Crippen LogP contribution in [0.3, 0.4) is 0 Å². The van der Waals surface area contributed by atoms with E-state index in [1.807, 2.05) is 6.92 Å². The maximum absolute atomic E-state index is 12.7. The molecule has 4 N–H and O–H groups in total. The van der Waals surface area contributed by atoms with Gasteiger partial charge in [0.05, 0.1) is 21.5 Å². The van der Waals surface area contributed by atoms with E-state index in [0.29, 0.717) is 18.4 Å². The fourth-order valence-electron chi connectivity index (χ4n) is 3.06. The molecule has 0 heterocycles. The number of sulfone groups is 1. The quantitative estimate of drug-likeness (QED) is 0.587. The van der Waals surface area contributed by atoms with Gasteiger partial charge in [-0.1, -0.05) is 33.6 Å². The molecule has 2 rings (SSSR count). The number of Topliss-reactive ketones (excluding diaryl/α,β-unsaturated/α-hetero) is 1. The van der Waals surface area contributed by atoms with E-state index >= 15 is 0 Å². The lowest BCUT2D eigenvalue weighted by Crippen LogP contribution is -2.21. The van der Waals surface area contributed by atoms with Crippen molar-refractivity contribution in [1.29, 1.82) is 0 Å². The fraction of sp³-hybridized carbons (Fsp3) is 0.588. The van der Waals surface area contributed by atoms with Gasteiger partial charge in [-0.3, -0.25) is 4.79 Å². The standard InChI is InChI=1S/C17H26N2O3S/c1-4-11(5-2)10(3)17(20)12-8-14(18)16(19)15(9-12)23(21,22)13-6-7-13/h8-11,13H,4-7,18-19H2,1-3H3. The van der Waals surface area contributed by atoms with Gasteiger partial charge in [0.25, 0.3) is 0 Å². The average molecular weight is 338 g/mol. The number of benzene rings is 1. The zero-order valence-corrected chi connectivity index (χ0v) is 14.8. The number of ketones is 1. The number of hydrogen-bond donors (Lipinski definition) is 2. The molecule has 1 saturated carbocycles. The number of nitrogen functional groups attached to an aromatic ring is 2. The van der Waals surface area contributed by atoms with Gasteiger partial charge >= 0.3 is 0 Å². The molecule has 1 aromatic carbocycles. The number of nitrogens with two attached hydrogens (primary N) is 2. The topological polar surface area (TPSA) is 103 Å². The molecule has 0 aliphatic heterocycles. The van der Waals surface area contributed by atoms with Gasteiger partial charge in [0, 0.05) is 11.5 Å². The van der Waals surface area contributed by atoms with Crippen molar-refractivity contribution in [3.8, 4) is 0 Å². The predicted molar refractivity (Wildman–Crippen MR) is 93.0 cm³/mol. The molecule has 1 unspecified atom stereocenters. The van der Waals surface area contributed by atoms with Crippen molar-refractivity contribution in [3.63, 3.8) is 0 Å². The van der Waals surface area contributed by atoms with Gasteiger partial charge in [0.15, 0.2) is 15.6 Å². The highest BCUT2D eigenvalue weighted by atomic mass is 32.2. The maximum atomic E-state index is 12.7. The smallest absolute Gasteiger partial charge is 0.183 e. The summed E-state index contributed by atoms with van der Waals surface area (Å²) in [4.78, 5) is 12.8. The van der Waals surface area contributed by atoms with E-state index in [9.17, 15) is 13.2 Å². The Kier molecular flexibility index (Phi) is 5.04. The van der Waals surface area contributed by atoms with Crippen molar-refractivity contribution >= 4 is 27.0 Å². The van der Waals surface area contributed by atoms with Gasteiger partial charge in [0.1, 0.15) is 0 Å². The number of hydrogen-bond acceptors (Lipinski definition) is 5. The second-order valence-electron chi connectivity index (χ2n) is 6.45. The van der Waals surface area contributed by atoms with Gasteiger partial charge in [-0.25, -0.2) is 8.42 Å². The van der Waals surface area contributed by atoms with Crippen LogP contribution in [-0.2, 0) is 9.84 Å². The minimum atomic E-state index is -3.49. The van der Waals surface area contributed by atoms with Crippen molar-refractivity contribution in [2.75, 3.05) is 11.5 Å². The van der Waals surface area contributed by atoms with Gasteiger partial charge in [-0.2, -0.15) is 0 Å². The van der Waals surface area contributed by atoms with Gasteiger partial charge in [-0.05, 0) is 30.9 Å². The summed E-state index contributed by atoms with van der Waals surface area (Å²) in [5, 5.41) is -0.383. The Morgan fingerprint density at radius 3 is 2.26 bits per heavy atom. The highest BCUT2D eigenvalue weighted by Gasteiger charge is 2.39. The number of anilines is 2. The largest absolute Gasteiger partial charge is 0.397 e. The first-order valence-corrected chi connectivity index (χ1v) is 9.75. The third-order valence-corrected chi connectivity index (χ3v) is 7.20. The summed E-state index contributed by atoms with van der Waals surface area (Å²) in [7, 11) is -3.49. The van der Waals surface area contributed by atoms with Crippen LogP contribution in [-0.4, -0.2) is 19.5 Å². The Hall–Kier alpha value is -1.56. The first kappa shape index (κ1) is 17.8. The van der Waals surface area contributed by atoms with Crippen molar-refractivity contribution in [1.82, 2.24) is 0 Å². The Balaban J connectivity index is 2.45. The molecule has 1 aliphatic carbocycles. The molecule has 0 spiro atoms. The van der Waals surface area contributed by atoms with Crippen LogP contribution in [0.25, 0.3) is 0 Å². The van der Waals surface area contributed by atoms with Crippen LogP contribution >= 0.6 is 0 Å². The molecule has 23 heavy (non-hydrogen) atoms. The summed E-state index contributed by atoms with van der Waals surface area (Å²) in [6, 6.07) is 2.92. The van der Waals surface area contributed by atoms with Crippen LogP contribution in [0.15, 0.2) is 17.0 Å². The van der Waals surface area contributed by atoms with Gasteiger partial charge in [0.2, 0.25) is 0 Å². The second-order valence-corrected chi connectivity index (χ2v) is 8.65. The van der Waals surface area contributed by atoms with Crippen LogP contribution in [0.5, 0.6) is 0 Å². The maximum Gasteiger partial charge on any atom is 0.183 e. The Labute approximate surface area is 138 Å². The van der Waals surface area contributed by atoms with E-state index in [4.69, 9.17) is 11.5 Å². The van der Waals surface area contributed by atoms with E-state index in [0.717, 1.165) is 12.8 Å². The Morgan fingerprint density at radius 2 is 1.78 bits per heavy atom. The molecule has 1 aromatic rings. The van der Waals surface area contributed by atoms with Crippen LogP contribution in [0.2, 0.25) is 0 Å². The van der Waals surface area contributed by atoms with Crippen molar-refractivity contribution < 1.29 is 13.2 Å². The third kappa shape index (κ3) is 3.37. The summed E-state index contributed by atoms with van der Waals surface area (Å²) in [5.74, 6) is 0.0203. The SMILES string of the molecule is CCC(CC)C(C)C(=O)c1cc(N)c(N)c(S(=O)(=O)C2CC2)c1. The zero-order valence-electron chi connectivity index (χ0n) is 14.0. The van der Waals surface area contributed by atoms with E-state index in [2.05, 4.69) is 13.8 Å². The minimum Gasteiger partial charge on any atom is -0.397 e. The van der Waals surface area contributed by atoms with Crippen LogP contribution in [0.4, 0.5) is 11.4 Å². The number of rotatable bonds is 7. The van der Waals surface area contributed by atoms with Crippen molar-refractivity contribution in [2.24, 2.45) is 11.8 Å². The lowest BCUT2D eigenvalue weighted by Gasteiger charge is -2.21. The predicted octanol–water partition coefficient (Wildman–Crippen LogP) is 3.04. The lowest BCUT2D eigenvalue weighted by molar-refractivity contribution is 0.0881. The first-order chi connectivity index (χ1) is 10.7. The average Bonchev–Trinajstić information content (AvgIpc) is 3.35. The van der Waals surface area contributed by atoms with E-state index in [-0.39, 0.29) is 39.1 Å². The van der Waals surface area contributed by atoms with Crippen LogP contribution in [0.1, 0.15) is 56.8 Å². The molecule has 0 radical (unpaired) electrons. The monoisotopic (exact) mass is 338 g/mol. The summed E-state index contributed by atoms with van der Waals surface area (Å²) >= 11 is 0. The second kappa shape index (κ2) is 6.51. The van der Waals surface area contributed by atoms with Crippen LogP contribution in [0, 0.1) is 11.8 Å². The van der Waals surface area contributed by atoms with Crippen LogP contribution < -0.4 is 11.5 Å². The summed E-state index contributed by atoms with van der Waals surface area (Å²) in [6.07, 6.45) is 3.09. The molecular weight excluding hydrogens is 312 g/mol. The van der Waals surface area contributed by atoms with E-state index in [1.54, 1.807) is 0 Å². The Bertz CT molecular complexity index is 705. The molecule has 5 nitrogen and oxygen atoms in total. The molecule has 0 bridgehead atoms. The molecule has 6 heteroatoms. The molecule has 128 valence electrons. The zero-order chi connectivity index (χ0) is 17.4. The minimum absolute atomic E-state index is 0.0140.